The van der Waals surface area contributed by atoms with Crippen molar-refractivity contribution in [2.75, 3.05) is 12.0 Å². The molecule has 0 amide bonds. The van der Waals surface area contributed by atoms with Gasteiger partial charge in [-0.25, -0.2) is 9.59 Å². The highest BCUT2D eigenvalue weighted by Crippen LogP contribution is 2.52. The van der Waals surface area contributed by atoms with E-state index in [0.717, 1.165) is 0 Å². The highest BCUT2D eigenvalue weighted by molar-refractivity contribution is 8.44. The summed E-state index contributed by atoms with van der Waals surface area (Å²) in [5.41, 5.74) is 0.173. The summed E-state index contributed by atoms with van der Waals surface area (Å²) in [6, 6.07) is 6.08. The largest absolute Gasteiger partial charge is 0.478 e. The highest BCUT2D eigenvalue weighted by atomic mass is 32.3. The van der Waals surface area contributed by atoms with Crippen LogP contribution < -0.4 is 0 Å². The van der Waals surface area contributed by atoms with Crippen LogP contribution in [-0.4, -0.2) is 33.5 Å². The van der Waals surface area contributed by atoms with Crippen LogP contribution in [0.1, 0.15) is 17.3 Å². The first-order chi connectivity index (χ1) is 7.41. The average Bonchev–Trinajstić information content (AvgIpc) is 2.27. The molecule has 1 aromatic carbocycles. The minimum atomic E-state index is -1.89. The quantitative estimate of drug-likeness (QED) is 0.854. The van der Waals surface area contributed by atoms with Crippen LogP contribution in [0, 0.1) is 0 Å². The number of benzene rings is 1. The van der Waals surface area contributed by atoms with Gasteiger partial charge in [0.15, 0.2) is 0 Å². The summed E-state index contributed by atoms with van der Waals surface area (Å²) in [6.45, 7) is 1.83. The Hall–Kier alpha value is -1.49. The van der Waals surface area contributed by atoms with E-state index >= 15 is 0 Å². The average molecular weight is 242 g/mol. The van der Waals surface area contributed by atoms with Gasteiger partial charge in [0, 0.05) is 0 Å². The van der Waals surface area contributed by atoms with E-state index in [2.05, 4.69) is 0 Å². The zero-order chi connectivity index (χ0) is 12.3. The van der Waals surface area contributed by atoms with Crippen molar-refractivity contribution in [2.24, 2.45) is 0 Å². The number of rotatable bonds is 3. The summed E-state index contributed by atoms with van der Waals surface area (Å²) in [6.07, 6.45) is 1.71. The molecular weight excluding hydrogens is 228 g/mol. The van der Waals surface area contributed by atoms with Gasteiger partial charge in [-0.15, -0.1) is 10.0 Å². The van der Waals surface area contributed by atoms with E-state index in [1.807, 2.05) is 6.92 Å². The van der Waals surface area contributed by atoms with Gasteiger partial charge in [0.25, 0.3) is 0 Å². The summed E-state index contributed by atoms with van der Waals surface area (Å²) >= 11 is 0. The van der Waals surface area contributed by atoms with E-state index in [9.17, 15) is 14.7 Å². The van der Waals surface area contributed by atoms with E-state index in [-0.39, 0.29) is 5.56 Å². The molecule has 0 saturated heterocycles. The predicted octanol–water partition coefficient (Wildman–Crippen LogP) is 2.88. The van der Waals surface area contributed by atoms with Gasteiger partial charge in [-0.2, -0.15) is 0 Å². The molecule has 1 aromatic rings. The molecule has 0 spiro atoms. The molecule has 0 aliphatic carbocycles. The fourth-order valence-corrected chi connectivity index (χ4v) is 2.81. The van der Waals surface area contributed by atoms with Crippen molar-refractivity contribution >= 4 is 21.3 Å². The van der Waals surface area contributed by atoms with E-state index in [4.69, 9.17) is 5.11 Å². The van der Waals surface area contributed by atoms with Crippen molar-refractivity contribution in [1.29, 1.82) is 0 Å². The minimum absolute atomic E-state index is 0.173. The molecule has 0 aromatic heterocycles. The van der Waals surface area contributed by atoms with Crippen LogP contribution in [0.5, 0.6) is 0 Å². The van der Waals surface area contributed by atoms with Gasteiger partial charge in [-0.1, -0.05) is 6.92 Å². The Labute approximate surface area is 95.2 Å². The number of carboxylic acids is 1. The van der Waals surface area contributed by atoms with Gasteiger partial charge in [0.05, 0.1) is 5.56 Å². The SMILES string of the molecule is CCS(C)(C(=O)O)c1ccc(C(=O)O)cc1. The van der Waals surface area contributed by atoms with Crippen LogP contribution in [0.4, 0.5) is 4.79 Å². The van der Waals surface area contributed by atoms with Gasteiger partial charge in [-0.05, 0) is 41.2 Å². The summed E-state index contributed by atoms with van der Waals surface area (Å²) in [4.78, 5) is 22.5. The minimum Gasteiger partial charge on any atom is -0.478 e. The maximum atomic E-state index is 11.2. The second kappa shape index (κ2) is 4.57. The maximum absolute atomic E-state index is 11.2. The fourth-order valence-electron chi connectivity index (χ4n) is 1.29. The molecule has 5 heteroatoms. The molecule has 0 aliphatic heterocycles. The number of carboxylic acid groups (broad SMARTS) is 2. The zero-order valence-electron chi connectivity index (χ0n) is 9.14. The number of hydrogen-bond donors (Lipinski definition) is 2. The van der Waals surface area contributed by atoms with Gasteiger partial charge < -0.3 is 10.2 Å². The molecule has 88 valence electrons. The Morgan fingerprint density at radius 1 is 1.19 bits per heavy atom. The molecule has 0 saturated carbocycles. The summed E-state index contributed by atoms with van der Waals surface area (Å²) in [7, 11) is -1.89. The van der Waals surface area contributed by atoms with Gasteiger partial charge >= 0.3 is 11.3 Å². The Kier molecular flexibility index (Phi) is 3.59. The van der Waals surface area contributed by atoms with E-state index < -0.39 is 21.3 Å². The first kappa shape index (κ1) is 12.6. The molecule has 0 bridgehead atoms. The second-order valence-corrected chi connectivity index (χ2v) is 7.05. The monoisotopic (exact) mass is 242 g/mol. The molecule has 0 radical (unpaired) electrons. The lowest BCUT2D eigenvalue weighted by molar-refractivity contribution is 0.0697. The first-order valence-corrected chi connectivity index (χ1v) is 6.95. The van der Waals surface area contributed by atoms with Gasteiger partial charge in [0.1, 0.15) is 0 Å². The van der Waals surface area contributed by atoms with Crippen LogP contribution in [0.3, 0.4) is 0 Å². The van der Waals surface area contributed by atoms with Crippen LogP contribution >= 0.6 is 10.0 Å². The lowest BCUT2D eigenvalue weighted by atomic mass is 10.2. The van der Waals surface area contributed by atoms with Crippen molar-refractivity contribution in [3.8, 4) is 0 Å². The Bertz CT molecular complexity index is 412. The van der Waals surface area contributed by atoms with Crippen LogP contribution in [0.15, 0.2) is 29.2 Å². The third-order valence-corrected chi connectivity index (χ3v) is 5.82. The van der Waals surface area contributed by atoms with Crippen molar-refractivity contribution in [2.45, 2.75) is 11.8 Å². The molecule has 0 aliphatic rings. The molecule has 16 heavy (non-hydrogen) atoms. The Morgan fingerprint density at radius 2 is 1.69 bits per heavy atom. The number of carbonyl (C=O) groups is 2. The predicted molar refractivity (Wildman–Crippen MR) is 63.7 cm³/mol. The highest BCUT2D eigenvalue weighted by Gasteiger charge is 2.27. The van der Waals surface area contributed by atoms with Crippen LogP contribution in [-0.2, 0) is 0 Å². The third kappa shape index (κ3) is 2.19. The standard InChI is InChI=1S/C11H14O4S/c1-3-16(2,11(14)15)9-6-4-8(5-7-9)10(12)13/h4-7H,3H2,1-2H3,(H,12,13)(H,14,15). The van der Waals surface area contributed by atoms with E-state index in [1.54, 1.807) is 18.4 Å². The number of aromatic carboxylic acids is 1. The lowest BCUT2D eigenvalue weighted by Crippen LogP contribution is -2.11. The fraction of sp³-hybridized carbons (Fsp3) is 0.273. The zero-order valence-corrected chi connectivity index (χ0v) is 9.95. The first-order valence-electron chi connectivity index (χ1n) is 4.74. The van der Waals surface area contributed by atoms with Crippen LogP contribution in [0.25, 0.3) is 0 Å². The van der Waals surface area contributed by atoms with Crippen molar-refractivity contribution in [1.82, 2.24) is 0 Å². The molecule has 1 atom stereocenters. The van der Waals surface area contributed by atoms with Gasteiger partial charge in [0.2, 0.25) is 0 Å². The van der Waals surface area contributed by atoms with Crippen LogP contribution in [0.2, 0.25) is 0 Å². The second-order valence-electron chi connectivity index (χ2n) is 3.47. The molecule has 0 heterocycles. The maximum Gasteiger partial charge on any atom is 0.351 e. The molecule has 1 unspecified atom stereocenters. The smallest absolute Gasteiger partial charge is 0.351 e. The lowest BCUT2D eigenvalue weighted by Gasteiger charge is -2.29. The molecular formula is C11H14O4S. The van der Waals surface area contributed by atoms with Gasteiger partial charge in [-0.3, -0.25) is 0 Å². The summed E-state index contributed by atoms with van der Waals surface area (Å²) in [5.74, 6) is -0.468. The summed E-state index contributed by atoms with van der Waals surface area (Å²) < 4.78 is 0. The van der Waals surface area contributed by atoms with Crippen molar-refractivity contribution in [3.63, 3.8) is 0 Å². The topological polar surface area (TPSA) is 74.6 Å². The molecule has 0 fully saturated rings. The van der Waals surface area contributed by atoms with Crippen molar-refractivity contribution < 1.29 is 19.8 Å². The Balaban J connectivity index is 3.14. The Morgan fingerprint density at radius 3 is 2.00 bits per heavy atom. The third-order valence-electron chi connectivity index (χ3n) is 2.58. The molecule has 1 rings (SSSR count). The van der Waals surface area contributed by atoms with E-state index in [1.165, 1.54) is 12.1 Å². The normalized spacial score (nSPS) is 16.1. The molecule has 4 nitrogen and oxygen atoms in total. The molecule has 2 N–H and O–H groups in total. The van der Waals surface area contributed by atoms with E-state index in [0.29, 0.717) is 10.6 Å². The number of hydrogen-bond acceptors (Lipinski definition) is 2. The van der Waals surface area contributed by atoms with Crippen molar-refractivity contribution in [3.05, 3.63) is 29.8 Å². The summed E-state index contributed by atoms with van der Waals surface area (Å²) in [5, 5.41) is 17.1.